The number of rotatable bonds is 9. The number of hydrogen-bond acceptors (Lipinski definition) is 4. The molecular formula is C27H32N2O5. The van der Waals surface area contributed by atoms with E-state index in [1.807, 2.05) is 31.2 Å². The normalized spacial score (nSPS) is 19.7. The molecule has 0 aliphatic heterocycles. The first-order valence-electron chi connectivity index (χ1n) is 12.1. The number of amides is 2. The predicted octanol–water partition coefficient (Wildman–Crippen LogP) is 4.45. The maximum atomic E-state index is 12.6. The fraction of sp³-hybridized carbons (Fsp3) is 0.444. The number of carboxylic acids is 1. The number of benzene rings is 2. The zero-order valence-corrected chi connectivity index (χ0v) is 19.5. The van der Waals surface area contributed by atoms with Crippen LogP contribution in [0.2, 0.25) is 0 Å². The lowest BCUT2D eigenvalue weighted by molar-refractivity contribution is -0.141. The molecule has 2 aliphatic carbocycles. The molecule has 3 N–H and O–H groups in total. The van der Waals surface area contributed by atoms with Crippen molar-refractivity contribution in [2.75, 3.05) is 6.61 Å². The zero-order valence-electron chi connectivity index (χ0n) is 19.5. The summed E-state index contributed by atoms with van der Waals surface area (Å²) in [5, 5.41) is 14.9. The number of carboxylic acid groups (broad SMARTS) is 1. The van der Waals surface area contributed by atoms with Crippen LogP contribution in [-0.4, -0.2) is 41.8 Å². The smallest absolute Gasteiger partial charge is 0.407 e. The molecule has 0 saturated heterocycles. The number of fused-ring (bicyclic) bond motifs is 3. The molecule has 2 aliphatic rings. The summed E-state index contributed by atoms with van der Waals surface area (Å²) in [6.07, 6.45) is 2.79. The van der Waals surface area contributed by atoms with Crippen LogP contribution in [-0.2, 0) is 14.3 Å². The summed E-state index contributed by atoms with van der Waals surface area (Å²) in [6.45, 7) is 2.22. The molecule has 4 rings (SSSR count). The molecule has 2 aromatic rings. The van der Waals surface area contributed by atoms with Crippen LogP contribution in [0.4, 0.5) is 4.79 Å². The summed E-state index contributed by atoms with van der Waals surface area (Å²) < 4.78 is 5.62. The van der Waals surface area contributed by atoms with E-state index in [-0.39, 0.29) is 36.9 Å². The number of ether oxygens (including phenoxy) is 1. The molecule has 0 bridgehead atoms. The van der Waals surface area contributed by atoms with Gasteiger partial charge in [-0.05, 0) is 47.9 Å². The Morgan fingerprint density at radius 1 is 1.03 bits per heavy atom. The number of carbonyl (C=O) groups is 3. The van der Waals surface area contributed by atoms with Gasteiger partial charge in [-0.2, -0.15) is 0 Å². The second kappa shape index (κ2) is 10.7. The van der Waals surface area contributed by atoms with Crippen LogP contribution >= 0.6 is 0 Å². The Balaban J connectivity index is 1.30. The lowest BCUT2D eigenvalue weighted by Crippen LogP contribution is -2.42. The van der Waals surface area contributed by atoms with Crippen LogP contribution < -0.4 is 10.6 Å². The van der Waals surface area contributed by atoms with Gasteiger partial charge in [-0.1, -0.05) is 61.9 Å². The Kier molecular flexibility index (Phi) is 7.50. The van der Waals surface area contributed by atoms with Gasteiger partial charge < -0.3 is 20.5 Å². The first-order valence-corrected chi connectivity index (χ1v) is 12.1. The van der Waals surface area contributed by atoms with Crippen molar-refractivity contribution < 1.29 is 24.2 Å². The van der Waals surface area contributed by atoms with E-state index in [0.29, 0.717) is 25.7 Å². The Bertz CT molecular complexity index is 1010. The minimum atomic E-state index is -0.808. The van der Waals surface area contributed by atoms with Crippen molar-refractivity contribution in [2.24, 2.45) is 5.92 Å². The van der Waals surface area contributed by atoms with E-state index < -0.39 is 18.0 Å². The summed E-state index contributed by atoms with van der Waals surface area (Å²) in [6, 6.07) is 15.9. The molecule has 7 nitrogen and oxygen atoms in total. The van der Waals surface area contributed by atoms with Gasteiger partial charge in [0.25, 0.3) is 0 Å². The largest absolute Gasteiger partial charge is 0.481 e. The third-order valence-corrected chi connectivity index (χ3v) is 6.88. The van der Waals surface area contributed by atoms with Crippen LogP contribution in [0.15, 0.2) is 48.5 Å². The molecule has 1 saturated carbocycles. The van der Waals surface area contributed by atoms with Gasteiger partial charge in [-0.15, -0.1) is 0 Å². The molecule has 3 atom stereocenters. The van der Waals surface area contributed by atoms with Crippen molar-refractivity contribution in [1.82, 2.24) is 10.6 Å². The SMILES string of the molecule is CCCC(CC(=O)N[C@@H]1CC[C@H](C(=O)O)C1)NC(=O)OCC1c2ccccc2-c2ccccc21. The molecule has 180 valence electrons. The van der Waals surface area contributed by atoms with Crippen molar-refractivity contribution in [1.29, 1.82) is 0 Å². The van der Waals surface area contributed by atoms with Crippen LogP contribution in [0.1, 0.15) is 62.5 Å². The van der Waals surface area contributed by atoms with Gasteiger partial charge in [-0.3, -0.25) is 9.59 Å². The van der Waals surface area contributed by atoms with Gasteiger partial charge in [0.15, 0.2) is 0 Å². The number of aliphatic carboxylic acids is 1. The van der Waals surface area contributed by atoms with Crippen LogP contribution in [0.25, 0.3) is 11.1 Å². The van der Waals surface area contributed by atoms with Crippen molar-refractivity contribution in [3.05, 3.63) is 59.7 Å². The van der Waals surface area contributed by atoms with Crippen molar-refractivity contribution in [3.63, 3.8) is 0 Å². The van der Waals surface area contributed by atoms with Gasteiger partial charge in [0.1, 0.15) is 6.61 Å². The Hall–Kier alpha value is -3.35. The number of nitrogens with one attached hydrogen (secondary N) is 2. The standard InChI is InChI=1S/C27H32N2O5/c1-2-7-18(15-25(30)28-19-13-12-17(14-19)26(31)32)29-27(33)34-16-24-22-10-5-3-8-20(22)21-9-4-6-11-23(21)24/h3-6,8-11,17-19,24H,2,7,12-16H2,1H3,(H,28,30)(H,29,33)(H,31,32)/t17-,18?,19+/m0/s1. The molecule has 0 aromatic heterocycles. The molecule has 0 heterocycles. The van der Waals surface area contributed by atoms with Crippen LogP contribution in [0, 0.1) is 5.92 Å². The fourth-order valence-corrected chi connectivity index (χ4v) is 5.23. The van der Waals surface area contributed by atoms with E-state index in [2.05, 4.69) is 34.9 Å². The zero-order chi connectivity index (χ0) is 24.1. The quantitative estimate of drug-likeness (QED) is 0.508. The lowest BCUT2D eigenvalue weighted by Gasteiger charge is -2.20. The summed E-state index contributed by atoms with van der Waals surface area (Å²) in [5.41, 5.74) is 4.64. The highest BCUT2D eigenvalue weighted by Crippen LogP contribution is 2.44. The van der Waals surface area contributed by atoms with Crippen molar-refractivity contribution in [2.45, 2.75) is 63.5 Å². The Morgan fingerprint density at radius 3 is 2.26 bits per heavy atom. The van der Waals surface area contributed by atoms with E-state index in [1.165, 1.54) is 11.1 Å². The molecule has 2 aromatic carbocycles. The first kappa shape index (κ1) is 23.8. The highest BCUT2D eigenvalue weighted by molar-refractivity contribution is 5.80. The number of carbonyl (C=O) groups excluding carboxylic acids is 2. The summed E-state index contributed by atoms with van der Waals surface area (Å²) in [5.74, 6) is -1.39. The van der Waals surface area contributed by atoms with Crippen LogP contribution in [0.3, 0.4) is 0 Å². The van der Waals surface area contributed by atoms with E-state index in [4.69, 9.17) is 9.84 Å². The second-order valence-electron chi connectivity index (χ2n) is 9.27. The Morgan fingerprint density at radius 2 is 1.68 bits per heavy atom. The van der Waals surface area contributed by atoms with Crippen LogP contribution in [0.5, 0.6) is 0 Å². The van der Waals surface area contributed by atoms with E-state index in [0.717, 1.165) is 17.5 Å². The second-order valence-corrected chi connectivity index (χ2v) is 9.27. The first-order chi connectivity index (χ1) is 16.5. The van der Waals surface area contributed by atoms with Crippen molar-refractivity contribution >= 4 is 18.0 Å². The topological polar surface area (TPSA) is 105 Å². The maximum Gasteiger partial charge on any atom is 0.407 e. The highest BCUT2D eigenvalue weighted by atomic mass is 16.5. The monoisotopic (exact) mass is 464 g/mol. The third kappa shape index (κ3) is 5.41. The molecule has 34 heavy (non-hydrogen) atoms. The minimum Gasteiger partial charge on any atom is -0.481 e. The summed E-state index contributed by atoms with van der Waals surface area (Å²) in [7, 11) is 0. The van der Waals surface area contributed by atoms with Crippen molar-refractivity contribution in [3.8, 4) is 11.1 Å². The molecule has 7 heteroatoms. The molecule has 0 radical (unpaired) electrons. The minimum absolute atomic E-state index is 0.0179. The maximum absolute atomic E-state index is 12.6. The highest BCUT2D eigenvalue weighted by Gasteiger charge is 2.31. The van der Waals surface area contributed by atoms with Gasteiger partial charge in [-0.25, -0.2) is 4.79 Å². The molecule has 2 amide bonds. The Labute approximate surface area is 199 Å². The molecule has 1 unspecified atom stereocenters. The predicted molar refractivity (Wildman–Crippen MR) is 128 cm³/mol. The molecule has 1 fully saturated rings. The van der Waals surface area contributed by atoms with Gasteiger partial charge in [0.05, 0.1) is 5.92 Å². The summed E-state index contributed by atoms with van der Waals surface area (Å²) in [4.78, 5) is 36.3. The van der Waals surface area contributed by atoms with Gasteiger partial charge in [0.2, 0.25) is 5.91 Å². The summed E-state index contributed by atoms with van der Waals surface area (Å²) >= 11 is 0. The number of hydrogen-bond donors (Lipinski definition) is 3. The van der Waals surface area contributed by atoms with Gasteiger partial charge in [0, 0.05) is 24.4 Å². The molecule has 0 spiro atoms. The lowest BCUT2D eigenvalue weighted by atomic mass is 9.98. The van der Waals surface area contributed by atoms with E-state index in [1.54, 1.807) is 0 Å². The number of alkyl carbamates (subject to hydrolysis) is 1. The molecular weight excluding hydrogens is 432 g/mol. The fourth-order valence-electron chi connectivity index (χ4n) is 5.23. The average molecular weight is 465 g/mol. The van der Waals surface area contributed by atoms with E-state index in [9.17, 15) is 14.4 Å². The van der Waals surface area contributed by atoms with Gasteiger partial charge >= 0.3 is 12.1 Å². The van der Waals surface area contributed by atoms with E-state index >= 15 is 0 Å². The third-order valence-electron chi connectivity index (χ3n) is 6.88. The average Bonchev–Trinajstić information content (AvgIpc) is 3.41.